The van der Waals surface area contributed by atoms with Gasteiger partial charge in [0.15, 0.2) is 0 Å². The maximum Gasteiger partial charge on any atom is 0.133 e. The standard InChI is InChI=1S/C19H18N2O2/c1-3-21-16-11-14(22-2)5-6-15(16)18(20)19(21)13-4-7-17-12(10-13)8-9-23-17/h4-11H,3,20H2,1-2H3. The summed E-state index contributed by atoms with van der Waals surface area (Å²) in [5.74, 6) is 0.835. The zero-order valence-corrected chi connectivity index (χ0v) is 13.2. The largest absolute Gasteiger partial charge is 0.497 e. The summed E-state index contributed by atoms with van der Waals surface area (Å²) in [6.07, 6.45) is 1.71. The van der Waals surface area contributed by atoms with Gasteiger partial charge in [0.05, 0.1) is 30.3 Å². The van der Waals surface area contributed by atoms with E-state index in [0.717, 1.165) is 51.1 Å². The molecule has 0 amide bonds. The molecule has 0 saturated heterocycles. The molecule has 0 aliphatic heterocycles. The second kappa shape index (κ2) is 5.09. The molecule has 0 aliphatic carbocycles. The quantitative estimate of drug-likeness (QED) is 0.598. The highest BCUT2D eigenvalue weighted by molar-refractivity contribution is 6.02. The Balaban J connectivity index is 2.03. The number of rotatable bonds is 3. The molecule has 4 nitrogen and oxygen atoms in total. The van der Waals surface area contributed by atoms with Crippen LogP contribution in [0.4, 0.5) is 5.69 Å². The molecule has 2 N–H and O–H groups in total. The maximum absolute atomic E-state index is 6.47. The molecule has 4 aromatic rings. The minimum atomic E-state index is 0.798. The van der Waals surface area contributed by atoms with Gasteiger partial charge in [-0.1, -0.05) is 0 Å². The summed E-state index contributed by atoms with van der Waals surface area (Å²) < 4.78 is 13.0. The number of ether oxygens (including phenoxy) is 1. The Labute approximate surface area is 134 Å². The van der Waals surface area contributed by atoms with Crippen LogP contribution < -0.4 is 10.5 Å². The van der Waals surface area contributed by atoms with E-state index in [4.69, 9.17) is 14.9 Å². The minimum Gasteiger partial charge on any atom is -0.497 e. The number of hydrogen-bond acceptors (Lipinski definition) is 3. The maximum atomic E-state index is 6.47. The summed E-state index contributed by atoms with van der Waals surface area (Å²) in [4.78, 5) is 0. The molecule has 0 bridgehead atoms. The fourth-order valence-corrected chi connectivity index (χ4v) is 3.24. The van der Waals surface area contributed by atoms with Gasteiger partial charge in [-0.3, -0.25) is 0 Å². The van der Waals surface area contributed by atoms with E-state index >= 15 is 0 Å². The molecule has 2 aromatic heterocycles. The van der Waals surface area contributed by atoms with E-state index in [0.29, 0.717) is 0 Å². The van der Waals surface area contributed by atoms with Crippen molar-refractivity contribution in [2.24, 2.45) is 0 Å². The van der Waals surface area contributed by atoms with Gasteiger partial charge in [-0.25, -0.2) is 0 Å². The Bertz CT molecular complexity index is 1010. The number of aromatic nitrogens is 1. The topological polar surface area (TPSA) is 53.3 Å². The molecule has 0 atom stereocenters. The third kappa shape index (κ3) is 1.99. The molecular formula is C19H18N2O2. The van der Waals surface area contributed by atoms with Crippen LogP contribution in [-0.4, -0.2) is 11.7 Å². The Hall–Kier alpha value is -2.88. The summed E-state index contributed by atoms with van der Waals surface area (Å²) in [7, 11) is 1.68. The molecular weight excluding hydrogens is 288 g/mol. The smallest absolute Gasteiger partial charge is 0.133 e. The highest BCUT2D eigenvalue weighted by Crippen LogP contribution is 2.38. The minimum absolute atomic E-state index is 0.798. The lowest BCUT2D eigenvalue weighted by molar-refractivity contribution is 0.415. The number of hydrogen-bond donors (Lipinski definition) is 1. The first-order valence-corrected chi connectivity index (χ1v) is 7.66. The van der Waals surface area contributed by atoms with Crippen molar-refractivity contribution >= 4 is 27.6 Å². The number of methoxy groups -OCH3 is 1. The lowest BCUT2D eigenvalue weighted by Gasteiger charge is -2.09. The van der Waals surface area contributed by atoms with Gasteiger partial charge in [0, 0.05) is 28.9 Å². The zero-order chi connectivity index (χ0) is 16.0. The lowest BCUT2D eigenvalue weighted by atomic mass is 10.1. The van der Waals surface area contributed by atoms with Gasteiger partial charge < -0.3 is 19.5 Å². The molecule has 116 valence electrons. The van der Waals surface area contributed by atoms with Gasteiger partial charge >= 0.3 is 0 Å². The SMILES string of the molecule is CCn1c(-c2ccc3occc3c2)c(N)c2ccc(OC)cc21. The van der Waals surface area contributed by atoms with Gasteiger partial charge in [-0.2, -0.15) is 0 Å². The van der Waals surface area contributed by atoms with Crippen LogP contribution in [0.25, 0.3) is 33.1 Å². The molecule has 4 rings (SSSR count). The van der Waals surface area contributed by atoms with E-state index in [2.05, 4.69) is 23.6 Å². The van der Waals surface area contributed by atoms with Crippen LogP contribution in [-0.2, 0) is 6.54 Å². The van der Waals surface area contributed by atoms with Crippen molar-refractivity contribution in [3.63, 3.8) is 0 Å². The molecule has 23 heavy (non-hydrogen) atoms. The van der Waals surface area contributed by atoms with Gasteiger partial charge in [0.25, 0.3) is 0 Å². The van der Waals surface area contributed by atoms with E-state index in [1.54, 1.807) is 13.4 Å². The molecule has 2 heterocycles. The van der Waals surface area contributed by atoms with Gasteiger partial charge in [0.2, 0.25) is 0 Å². The fourth-order valence-electron chi connectivity index (χ4n) is 3.24. The number of furan rings is 1. The Kier molecular flexibility index (Phi) is 3.05. The third-order valence-corrected chi connectivity index (χ3v) is 4.35. The molecule has 2 aromatic carbocycles. The first-order valence-electron chi connectivity index (χ1n) is 7.66. The van der Waals surface area contributed by atoms with Crippen LogP contribution >= 0.6 is 0 Å². The van der Waals surface area contributed by atoms with E-state index in [9.17, 15) is 0 Å². The molecule has 0 saturated carbocycles. The number of nitrogens with two attached hydrogens (primary N) is 1. The number of nitrogens with zero attached hydrogens (tertiary/aromatic N) is 1. The number of anilines is 1. The highest BCUT2D eigenvalue weighted by atomic mass is 16.5. The van der Waals surface area contributed by atoms with E-state index in [1.807, 2.05) is 30.3 Å². The van der Waals surface area contributed by atoms with Gasteiger partial charge in [-0.05, 0) is 43.3 Å². The average Bonchev–Trinajstić information content (AvgIpc) is 3.16. The predicted molar refractivity (Wildman–Crippen MR) is 93.8 cm³/mol. The summed E-state index contributed by atoms with van der Waals surface area (Å²) in [5, 5.41) is 2.13. The van der Waals surface area contributed by atoms with E-state index in [-0.39, 0.29) is 0 Å². The lowest BCUT2D eigenvalue weighted by Crippen LogP contribution is -1.98. The zero-order valence-electron chi connectivity index (χ0n) is 13.2. The first kappa shape index (κ1) is 13.8. The van der Waals surface area contributed by atoms with E-state index in [1.165, 1.54) is 0 Å². The first-order chi connectivity index (χ1) is 11.2. The van der Waals surface area contributed by atoms with Crippen LogP contribution in [0.5, 0.6) is 5.75 Å². The molecule has 0 unspecified atom stereocenters. The summed E-state index contributed by atoms with van der Waals surface area (Å²) >= 11 is 0. The van der Waals surface area contributed by atoms with Crippen molar-refractivity contribution < 1.29 is 9.15 Å². The van der Waals surface area contributed by atoms with Crippen LogP contribution in [0, 0.1) is 0 Å². The Morgan fingerprint density at radius 3 is 2.78 bits per heavy atom. The van der Waals surface area contributed by atoms with Crippen LogP contribution in [0.1, 0.15) is 6.92 Å². The average molecular weight is 306 g/mol. The van der Waals surface area contributed by atoms with Crippen molar-refractivity contribution in [3.8, 4) is 17.0 Å². The van der Waals surface area contributed by atoms with Gasteiger partial charge in [0.1, 0.15) is 11.3 Å². The Morgan fingerprint density at radius 1 is 1.13 bits per heavy atom. The molecule has 0 radical (unpaired) electrons. The summed E-state index contributed by atoms with van der Waals surface area (Å²) in [6.45, 7) is 2.96. The number of fused-ring (bicyclic) bond motifs is 2. The summed E-state index contributed by atoms with van der Waals surface area (Å²) in [6, 6.07) is 14.1. The molecule has 4 heteroatoms. The monoisotopic (exact) mass is 306 g/mol. The van der Waals surface area contributed by atoms with Crippen LogP contribution in [0.15, 0.2) is 53.1 Å². The predicted octanol–water partition coefficient (Wildman–Crippen LogP) is 4.67. The van der Waals surface area contributed by atoms with Crippen molar-refractivity contribution in [2.75, 3.05) is 12.8 Å². The molecule has 0 fully saturated rings. The van der Waals surface area contributed by atoms with Crippen LogP contribution in [0.3, 0.4) is 0 Å². The van der Waals surface area contributed by atoms with Crippen molar-refractivity contribution in [3.05, 3.63) is 48.7 Å². The number of nitrogen functional groups attached to an aromatic ring is 1. The second-order valence-electron chi connectivity index (χ2n) is 5.56. The van der Waals surface area contributed by atoms with Crippen molar-refractivity contribution in [1.29, 1.82) is 0 Å². The normalized spacial score (nSPS) is 11.4. The second-order valence-corrected chi connectivity index (χ2v) is 5.56. The number of benzene rings is 2. The van der Waals surface area contributed by atoms with Crippen LogP contribution in [0.2, 0.25) is 0 Å². The number of aryl methyl sites for hydroxylation is 1. The van der Waals surface area contributed by atoms with Gasteiger partial charge in [-0.15, -0.1) is 0 Å². The Morgan fingerprint density at radius 2 is 2.00 bits per heavy atom. The summed E-state index contributed by atoms with van der Waals surface area (Å²) in [5.41, 5.74) is 11.4. The van der Waals surface area contributed by atoms with E-state index < -0.39 is 0 Å². The molecule has 0 aliphatic rings. The van der Waals surface area contributed by atoms with Crippen molar-refractivity contribution in [2.45, 2.75) is 13.5 Å². The van der Waals surface area contributed by atoms with Crippen molar-refractivity contribution in [1.82, 2.24) is 4.57 Å². The third-order valence-electron chi connectivity index (χ3n) is 4.35. The highest BCUT2D eigenvalue weighted by Gasteiger charge is 2.17. The molecule has 0 spiro atoms. The fraction of sp³-hybridized carbons (Fsp3) is 0.158.